The number of hydrogen-bond acceptors (Lipinski definition) is 29. The Hall–Kier alpha value is -14.0. The molecule has 5 heterocycles. The quantitative estimate of drug-likeness (QED) is 0.00845. The Morgan fingerprint density at radius 3 is 1.58 bits per heavy atom. The van der Waals surface area contributed by atoms with Crippen LogP contribution in [-0.2, 0) is 110 Å². The number of para-hydroxylation sites is 1. The number of aromatic amines is 3. The van der Waals surface area contributed by atoms with Gasteiger partial charge in [0.25, 0.3) is 0 Å². The van der Waals surface area contributed by atoms with Crippen molar-refractivity contribution < 1.29 is 114 Å². The number of carboxylic acids is 1. The van der Waals surface area contributed by atoms with E-state index in [1.165, 1.54) is 29.9 Å². The number of halogens is 3. The molecule has 0 spiro atoms. The molecule has 2 aliphatic heterocycles. The summed E-state index contributed by atoms with van der Waals surface area (Å²) >= 11 is 0. The van der Waals surface area contributed by atoms with Crippen LogP contribution in [0.15, 0.2) is 55.5 Å². The average Bonchev–Trinajstić information content (AvgIpc) is 1.72. The van der Waals surface area contributed by atoms with Crippen molar-refractivity contribution in [2.45, 2.75) is 246 Å². The van der Waals surface area contributed by atoms with Gasteiger partial charge < -0.3 is 161 Å². The van der Waals surface area contributed by atoms with E-state index in [9.17, 15) is 80.6 Å². The van der Waals surface area contributed by atoms with Gasteiger partial charge in [0.1, 0.15) is 84.6 Å². The average molecular weight is 2030 g/mol. The number of alkyl halides is 3. The molecule has 1 aromatic carbocycles. The molecule has 39 N–H and O–H groups in total. The van der Waals surface area contributed by atoms with Crippen molar-refractivity contribution in [3.05, 3.63) is 72.5 Å². The fourth-order valence-electron chi connectivity index (χ4n) is 14.5. The molecule has 2 saturated heterocycles. The number of guanidine groups is 2. The van der Waals surface area contributed by atoms with Gasteiger partial charge in [-0.25, -0.2) is 14.8 Å². The SMILES string of the molecule is CC(=O)N[C@@H](CC(N)=O)C(=O)N[C@@H](Cc1c[nH]c2ccccc12)C(=O)N[C@H]1CSSC[C@@H](C(=O)N[C@@H](CCCCN)C(=O)N[C@H](C(=O)N[C@@H](Cc2cnc[nH]2)C(=O)N2CCC[C@H]2C(=O)N[C@@H](Cc2cnc[nH]2)C(N)=O)[C@@H](C)O)NC(=O)[C@H](CCC(N)=O)NC(=O)[C@H](CCCCN)NC(=O)[C@H](CCCNC(=N)N)NC(=O)CNC(=O)[C@H](CCCNC(=N)N)NC(=O)[C@H](CCCCN)NC1=O.O=C(O)C(F)(F)F. The number of unbranched alkanes of at least 4 members (excludes halogenated alkanes) is 3. The summed E-state index contributed by atoms with van der Waals surface area (Å²) in [6.07, 6.45) is -2.15. The maximum absolute atomic E-state index is 15.6. The normalized spacial score (nSPS) is 19.7. The summed E-state index contributed by atoms with van der Waals surface area (Å²) in [5.74, 6) is -23.1. The van der Waals surface area contributed by atoms with Crippen molar-refractivity contribution in [2.24, 2.45) is 45.9 Å². The number of aliphatic carboxylic acids is 1. The predicted molar refractivity (Wildman–Crippen MR) is 504 cm³/mol. The molecule has 141 heavy (non-hydrogen) atoms. The second-order valence-electron chi connectivity index (χ2n) is 33.0. The van der Waals surface area contributed by atoms with Crippen LogP contribution in [0.1, 0.15) is 146 Å². The van der Waals surface area contributed by atoms with Crippen LogP contribution in [0.4, 0.5) is 13.2 Å². The zero-order valence-corrected chi connectivity index (χ0v) is 79.3. The number of nitrogens with two attached hydrogens (primary N) is 8. The molecule has 780 valence electrons. The topological polar surface area (TPSA) is 890 Å². The minimum atomic E-state index is -5.08. The number of benzene rings is 1. The highest BCUT2D eigenvalue weighted by atomic mass is 33.1. The number of hydrogen-bond donors (Lipinski definition) is 31. The molecule has 2 aliphatic rings. The van der Waals surface area contributed by atoms with E-state index in [1.807, 2.05) is 0 Å². The Bertz CT molecular complexity index is 4890. The monoisotopic (exact) mass is 2030 g/mol. The number of carboxylic acid groups (broad SMARTS) is 1. The van der Waals surface area contributed by atoms with Crippen LogP contribution < -0.4 is 131 Å². The molecule has 2 fully saturated rings. The van der Waals surface area contributed by atoms with Gasteiger partial charge >= 0.3 is 12.1 Å². The van der Waals surface area contributed by atoms with E-state index in [2.05, 4.69) is 110 Å². The summed E-state index contributed by atoms with van der Waals surface area (Å²) in [4.78, 5) is 285. The number of amides is 18. The van der Waals surface area contributed by atoms with Gasteiger partial charge in [0.15, 0.2) is 11.9 Å². The third kappa shape index (κ3) is 42.3. The van der Waals surface area contributed by atoms with E-state index in [1.54, 1.807) is 30.5 Å². The lowest BCUT2D eigenvalue weighted by molar-refractivity contribution is -0.192. The Kier molecular flexibility index (Phi) is 50.6. The first-order valence-electron chi connectivity index (χ1n) is 45.2. The van der Waals surface area contributed by atoms with E-state index in [0.29, 0.717) is 34.3 Å². The van der Waals surface area contributed by atoms with E-state index >= 15 is 24.0 Å². The van der Waals surface area contributed by atoms with Crippen molar-refractivity contribution in [2.75, 3.05) is 57.3 Å². The molecule has 0 saturated carbocycles. The maximum atomic E-state index is 15.6. The van der Waals surface area contributed by atoms with E-state index in [0.717, 1.165) is 35.4 Å². The molecule has 58 heteroatoms. The number of rotatable bonds is 47. The Morgan fingerprint density at radius 1 is 0.553 bits per heavy atom. The lowest BCUT2D eigenvalue weighted by Gasteiger charge is -2.31. The first-order chi connectivity index (χ1) is 66.8. The Labute approximate surface area is 814 Å². The summed E-state index contributed by atoms with van der Waals surface area (Å²) in [7, 11) is 1.47. The molecule has 0 bridgehead atoms. The van der Waals surface area contributed by atoms with Crippen LogP contribution in [0, 0.1) is 10.8 Å². The molecular formula is C83H129F3N32O21S2. The van der Waals surface area contributed by atoms with Gasteiger partial charge in [-0.2, -0.15) is 13.2 Å². The first-order valence-corrected chi connectivity index (χ1v) is 47.7. The molecule has 18 amide bonds. The first kappa shape index (κ1) is 117. The molecule has 6 rings (SSSR count). The van der Waals surface area contributed by atoms with Crippen LogP contribution in [0.2, 0.25) is 0 Å². The van der Waals surface area contributed by atoms with Crippen molar-refractivity contribution in [3.8, 4) is 0 Å². The molecule has 0 aliphatic carbocycles. The fraction of sp³-hybridized carbons (Fsp3) is 0.578. The van der Waals surface area contributed by atoms with Gasteiger partial charge in [0.2, 0.25) is 106 Å². The standard InChI is InChI=1S/C81H128N32O19S2.C2HF3O2/c1-42(114)65(78(131)109-58(32-46-36-93-41-99-46)79(132)113-29-13-21-61(113)77(130)107-55(66(87)119)31-45-35-92-40-98-45)112-72(125)53(18-7-10-26-84)105-75(128)59-38-133-134-39-60(111-73(126)56(30-44-34-96-48-15-4-3-14-47(44)48)108-74(127)57(33-63(86)117)100-43(2)115)76(129)104-52(17-6-9-25-83)69(122)102-49(19-11-27-94-80(88)89)67(120)97-37-64(118)101-50(20-12-28-95-81(90)91)68(121)103-51(16-5-8-24-82)70(123)106-54(71(124)110-59)22-23-62(85)116;3-2(4,5)1(6)7/h3-4,14-15,34-36,40-42,49-61,65,96,114H,5-13,16-33,37-39,82-84H2,1-2H3,(H2,85,116)(H2,86,117)(H2,87,119)(H,92,98)(H,93,99)(H,97,120)(H,100,115)(H,101,118)(H,102,122)(H,103,121)(H,104,129)(H,105,128)(H,106,123)(H,107,130)(H,108,127)(H,109,131)(H,110,124)(H,111,126)(H,112,125)(H4,88,89,94)(H4,90,91,95);(H,6,7)/t42-,49+,50+,51+,52+,53+,54+,55+,56+,57+,58+,59+,60+,61+,65+;/m1./s1. The molecule has 3 aromatic heterocycles. The summed E-state index contributed by atoms with van der Waals surface area (Å²) in [6.45, 7) is 1.49. The lowest BCUT2D eigenvalue weighted by Crippen LogP contribution is -2.62. The zero-order chi connectivity index (χ0) is 105. The predicted octanol–water partition coefficient (Wildman–Crippen LogP) is -8.98. The van der Waals surface area contributed by atoms with Gasteiger partial charge in [-0.3, -0.25) is 97.1 Å². The number of imidazole rings is 2. The number of aliphatic hydroxyl groups is 1. The highest BCUT2D eigenvalue weighted by Gasteiger charge is 2.44. The van der Waals surface area contributed by atoms with Gasteiger partial charge in [0.05, 0.1) is 31.7 Å². The second-order valence-corrected chi connectivity index (χ2v) is 35.6. The summed E-state index contributed by atoms with van der Waals surface area (Å²) in [5, 5.41) is 75.6. The van der Waals surface area contributed by atoms with Gasteiger partial charge in [-0.1, -0.05) is 39.8 Å². The Morgan fingerprint density at radius 2 is 1.06 bits per heavy atom. The number of aliphatic hydroxyl groups excluding tert-OH is 1. The van der Waals surface area contributed by atoms with Crippen LogP contribution in [-0.4, -0.2) is 318 Å². The molecule has 4 aromatic rings. The van der Waals surface area contributed by atoms with Gasteiger partial charge in [0, 0.05) is 105 Å². The number of fused-ring (bicyclic) bond motifs is 1. The van der Waals surface area contributed by atoms with E-state index in [4.69, 9.17) is 66.6 Å². The summed E-state index contributed by atoms with van der Waals surface area (Å²) in [6, 6.07) is -16.1. The second kappa shape index (κ2) is 60.7. The number of carbonyl (C=O) groups is 19. The number of nitrogens with one attached hydrogen (secondary N) is 21. The largest absolute Gasteiger partial charge is 0.490 e. The van der Waals surface area contributed by atoms with Crippen LogP contribution in [0.5, 0.6) is 0 Å². The van der Waals surface area contributed by atoms with Crippen molar-refractivity contribution in [1.29, 1.82) is 10.8 Å². The number of primary amides is 3. The summed E-state index contributed by atoms with van der Waals surface area (Å²) < 4.78 is 31.7. The fourth-order valence-corrected chi connectivity index (χ4v) is 16.8. The van der Waals surface area contributed by atoms with E-state index < -0.39 is 258 Å². The molecule has 15 atom stereocenters. The number of H-pyrrole nitrogens is 3. The van der Waals surface area contributed by atoms with Crippen LogP contribution in [0.25, 0.3) is 10.9 Å². The lowest BCUT2D eigenvalue weighted by atomic mass is 10.0. The highest BCUT2D eigenvalue weighted by molar-refractivity contribution is 8.76. The van der Waals surface area contributed by atoms with Crippen molar-refractivity contribution in [3.63, 3.8) is 0 Å². The molecule has 0 unspecified atom stereocenters. The van der Waals surface area contributed by atoms with Crippen LogP contribution in [0.3, 0.4) is 0 Å². The van der Waals surface area contributed by atoms with Crippen molar-refractivity contribution in [1.82, 2.24) is 115 Å². The zero-order valence-electron chi connectivity index (χ0n) is 77.6. The molecule has 0 radical (unpaired) electrons. The molecule has 53 nitrogen and oxygen atoms in total. The molecular weight excluding hydrogens is 1900 g/mol. The maximum Gasteiger partial charge on any atom is 0.490 e. The van der Waals surface area contributed by atoms with Gasteiger partial charge in [-0.05, 0) is 141 Å². The third-order valence-electron chi connectivity index (χ3n) is 21.8. The number of likely N-dealkylation sites (tertiary alicyclic amines) is 1. The number of nitrogens with zero attached hydrogens (tertiary/aromatic N) is 3. The van der Waals surface area contributed by atoms with Crippen molar-refractivity contribution >= 4 is 157 Å². The van der Waals surface area contributed by atoms with E-state index in [-0.39, 0.29) is 148 Å². The highest BCUT2D eigenvalue weighted by Crippen LogP contribution is 2.27. The third-order valence-corrected chi connectivity index (χ3v) is 24.2. The smallest absolute Gasteiger partial charge is 0.475 e. The summed E-state index contributed by atoms with van der Waals surface area (Å²) in [5.41, 5.74) is 47.6. The number of carbonyl (C=O) groups excluding carboxylic acids is 18. The van der Waals surface area contributed by atoms with Crippen LogP contribution >= 0.6 is 21.6 Å². The number of aromatic nitrogens is 5. The Balaban J connectivity index is 0.00000481. The van der Waals surface area contributed by atoms with Gasteiger partial charge in [-0.15, -0.1) is 0 Å². The minimum Gasteiger partial charge on any atom is -0.475 e. The minimum absolute atomic E-state index is 0.00749.